The fraction of sp³-hybridized carbons (Fsp3) is 0.824. The van der Waals surface area contributed by atoms with Crippen molar-refractivity contribution in [2.45, 2.75) is 71.9 Å². The van der Waals surface area contributed by atoms with Gasteiger partial charge in [-0.3, -0.25) is 0 Å². The van der Waals surface area contributed by atoms with E-state index in [4.69, 9.17) is 0 Å². The first-order valence-corrected chi connectivity index (χ1v) is 8.11. The highest BCUT2D eigenvalue weighted by atomic mass is 15.1. The number of aromatic nitrogens is 2. The average molecular weight is 275 g/mol. The molecular weight excluding hydrogens is 246 g/mol. The Kier molecular flexibility index (Phi) is 3.44. The summed E-state index contributed by atoms with van der Waals surface area (Å²) in [5, 5.41) is 3.62. The Labute approximate surface area is 123 Å². The standard InChI is InChI=1S/C17H29N3/c1-16(2)8-13(9-17(3,4)11-16)20-12-18-10-15(20)14-6-5-7-19-14/h10,12-14,19H,5-9,11H2,1-4H3. The molecule has 1 aromatic rings. The summed E-state index contributed by atoms with van der Waals surface area (Å²) in [7, 11) is 0. The van der Waals surface area contributed by atoms with Crippen LogP contribution in [0.5, 0.6) is 0 Å². The van der Waals surface area contributed by atoms with E-state index in [1.165, 1.54) is 37.8 Å². The van der Waals surface area contributed by atoms with Gasteiger partial charge in [-0.25, -0.2) is 4.98 Å². The second-order valence-corrected chi connectivity index (χ2v) is 8.44. The van der Waals surface area contributed by atoms with Gasteiger partial charge in [-0.05, 0) is 49.5 Å². The van der Waals surface area contributed by atoms with E-state index in [0.29, 0.717) is 22.9 Å². The molecule has 2 heterocycles. The summed E-state index contributed by atoms with van der Waals surface area (Å²) in [5.74, 6) is 0. The minimum absolute atomic E-state index is 0.428. The van der Waals surface area contributed by atoms with Crippen LogP contribution in [0, 0.1) is 10.8 Å². The van der Waals surface area contributed by atoms with Crippen molar-refractivity contribution in [2.75, 3.05) is 6.54 Å². The first kappa shape index (κ1) is 14.1. The molecule has 0 amide bonds. The van der Waals surface area contributed by atoms with Crippen molar-refractivity contribution >= 4 is 0 Å². The number of hydrogen-bond acceptors (Lipinski definition) is 2. The molecule has 3 rings (SSSR count). The number of nitrogens with zero attached hydrogens (tertiary/aromatic N) is 2. The first-order valence-electron chi connectivity index (χ1n) is 8.11. The zero-order valence-electron chi connectivity index (χ0n) is 13.4. The molecule has 1 N–H and O–H groups in total. The summed E-state index contributed by atoms with van der Waals surface area (Å²) in [6.45, 7) is 10.8. The van der Waals surface area contributed by atoms with Gasteiger partial charge in [-0.1, -0.05) is 27.7 Å². The van der Waals surface area contributed by atoms with Gasteiger partial charge in [0, 0.05) is 18.3 Å². The van der Waals surface area contributed by atoms with E-state index in [9.17, 15) is 0 Å². The second-order valence-electron chi connectivity index (χ2n) is 8.44. The Hall–Kier alpha value is -0.830. The molecule has 2 fully saturated rings. The molecule has 0 aromatic carbocycles. The highest BCUT2D eigenvalue weighted by molar-refractivity contribution is 5.10. The molecule has 0 spiro atoms. The lowest BCUT2D eigenvalue weighted by atomic mass is 9.63. The summed E-state index contributed by atoms with van der Waals surface area (Å²) in [4.78, 5) is 4.46. The molecule has 112 valence electrons. The van der Waals surface area contributed by atoms with Crippen LogP contribution in [-0.4, -0.2) is 16.1 Å². The van der Waals surface area contributed by atoms with Crippen LogP contribution in [0.1, 0.15) is 77.6 Å². The Morgan fingerprint density at radius 2 is 1.90 bits per heavy atom. The minimum Gasteiger partial charge on any atom is -0.330 e. The third kappa shape index (κ3) is 2.78. The lowest BCUT2D eigenvalue weighted by Crippen LogP contribution is -2.35. The lowest BCUT2D eigenvalue weighted by Gasteiger charge is -2.45. The monoisotopic (exact) mass is 275 g/mol. The zero-order valence-corrected chi connectivity index (χ0v) is 13.4. The highest BCUT2D eigenvalue weighted by Gasteiger charge is 2.39. The third-order valence-corrected chi connectivity index (χ3v) is 5.04. The van der Waals surface area contributed by atoms with Crippen LogP contribution in [-0.2, 0) is 0 Å². The maximum Gasteiger partial charge on any atom is 0.0951 e. The van der Waals surface area contributed by atoms with Crippen molar-refractivity contribution in [1.29, 1.82) is 0 Å². The molecule has 1 saturated heterocycles. The fourth-order valence-corrected chi connectivity index (χ4v) is 4.81. The summed E-state index contributed by atoms with van der Waals surface area (Å²) in [6, 6.07) is 1.12. The van der Waals surface area contributed by atoms with Crippen molar-refractivity contribution in [3.8, 4) is 0 Å². The van der Waals surface area contributed by atoms with E-state index < -0.39 is 0 Å². The molecule has 2 aliphatic rings. The van der Waals surface area contributed by atoms with Gasteiger partial charge in [0.2, 0.25) is 0 Å². The number of hydrogen-bond donors (Lipinski definition) is 1. The smallest absolute Gasteiger partial charge is 0.0951 e. The van der Waals surface area contributed by atoms with Crippen LogP contribution in [0.3, 0.4) is 0 Å². The first-order chi connectivity index (χ1) is 9.36. The molecular formula is C17H29N3. The molecule has 0 radical (unpaired) electrons. The predicted octanol–water partition coefficient (Wildman–Crippen LogP) is 4.09. The van der Waals surface area contributed by atoms with Crippen LogP contribution < -0.4 is 5.32 Å². The van der Waals surface area contributed by atoms with Crippen LogP contribution in [0.4, 0.5) is 0 Å². The summed E-state index contributed by atoms with van der Waals surface area (Å²) >= 11 is 0. The molecule has 3 heteroatoms. The van der Waals surface area contributed by atoms with E-state index in [-0.39, 0.29) is 0 Å². The molecule has 1 aromatic heterocycles. The van der Waals surface area contributed by atoms with E-state index in [2.05, 4.69) is 55.1 Å². The summed E-state index contributed by atoms with van der Waals surface area (Å²) in [6.07, 6.45) is 10.6. The SMILES string of the molecule is CC1(C)CC(n2cncc2C2CCCN2)CC(C)(C)C1. The second kappa shape index (κ2) is 4.87. The molecule has 3 nitrogen and oxygen atoms in total. The van der Waals surface area contributed by atoms with Crippen LogP contribution in [0.15, 0.2) is 12.5 Å². The van der Waals surface area contributed by atoms with Crippen LogP contribution in [0.25, 0.3) is 0 Å². The van der Waals surface area contributed by atoms with Gasteiger partial charge in [0.1, 0.15) is 0 Å². The van der Waals surface area contributed by atoms with Crippen molar-refractivity contribution in [3.63, 3.8) is 0 Å². The Morgan fingerprint density at radius 3 is 2.50 bits per heavy atom. The summed E-state index contributed by atoms with van der Waals surface area (Å²) in [5.41, 5.74) is 2.26. The van der Waals surface area contributed by atoms with Crippen LogP contribution in [0.2, 0.25) is 0 Å². The van der Waals surface area contributed by atoms with Crippen LogP contribution >= 0.6 is 0 Å². The molecule has 1 atom stereocenters. The van der Waals surface area contributed by atoms with E-state index in [0.717, 1.165) is 6.54 Å². The Bertz CT molecular complexity index is 450. The summed E-state index contributed by atoms with van der Waals surface area (Å²) < 4.78 is 2.48. The fourth-order valence-electron chi connectivity index (χ4n) is 4.81. The molecule has 20 heavy (non-hydrogen) atoms. The number of rotatable bonds is 2. The van der Waals surface area contributed by atoms with E-state index in [1.54, 1.807) is 0 Å². The van der Waals surface area contributed by atoms with Crippen molar-refractivity contribution in [1.82, 2.24) is 14.9 Å². The van der Waals surface area contributed by atoms with Crippen molar-refractivity contribution in [2.24, 2.45) is 10.8 Å². The highest BCUT2D eigenvalue weighted by Crippen LogP contribution is 2.50. The van der Waals surface area contributed by atoms with Gasteiger partial charge < -0.3 is 9.88 Å². The van der Waals surface area contributed by atoms with Gasteiger partial charge in [0.05, 0.1) is 12.0 Å². The predicted molar refractivity (Wildman–Crippen MR) is 82.7 cm³/mol. The van der Waals surface area contributed by atoms with Gasteiger partial charge in [-0.15, -0.1) is 0 Å². The minimum atomic E-state index is 0.428. The third-order valence-electron chi connectivity index (χ3n) is 5.04. The Balaban J connectivity index is 1.87. The quantitative estimate of drug-likeness (QED) is 0.881. The average Bonchev–Trinajstić information content (AvgIpc) is 2.95. The van der Waals surface area contributed by atoms with Crippen molar-refractivity contribution in [3.05, 3.63) is 18.2 Å². The zero-order chi connectivity index (χ0) is 14.4. The van der Waals surface area contributed by atoms with Gasteiger partial charge >= 0.3 is 0 Å². The van der Waals surface area contributed by atoms with Gasteiger partial charge in [0.25, 0.3) is 0 Å². The Morgan fingerprint density at radius 1 is 1.20 bits per heavy atom. The van der Waals surface area contributed by atoms with E-state index in [1.807, 2.05) is 0 Å². The molecule has 1 unspecified atom stereocenters. The van der Waals surface area contributed by atoms with Gasteiger partial charge in [-0.2, -0.15) is 0 Å². The molecule has 0 bridgehead atoms. The number of imidazole rings is 1. The largest absolute Gasteiger partial charge is 0.330 e. The maximum atomic E-state index is 4.46. The molecule has 1 aliphatic heterocycles. The van der Waals surface area contributed by atoms with E-state index >= 15 is 0 Å². The topological polar surface area (TPSA) is 29.9 Å². The lowest BCUT2D eigenvalue weighted by molar-refractivity contribution is 0.0707. The molecule has 1 saturated carbocycles. The van der Waals surface area contributed by atoms with Crippen molar-refractivity contribution < 1.29 is 0 Å². The maximum absolute atomic E-state index is 4.46. The number of nitrogens with one attached hydrogen (secondary N) is 1. The molecule has 1 aliphatic carbocycles. The normalized spacial score (nSPS) is 29.7. The van der Waals surface area contributed by atoms with Gasteiger partial charge in [0.15, 0.2) is 0 Å².